The molecule has 7 nitrogen and oxygen atoms in total. The van der Waals surface area contributed by atoms with Gasteiger partial charge >= 0.3 is 10.2 Å². The van der Waals surface area contributed by atoms with Crippen LogP contribution in [-0.2, 0) is 15.0 Å². The molecule has 1 atom stereocenters. The Hall–Kier alpha value is -2.58. The summed E-state index contributed by atoms with van der Waals surface area (Å²) >= 11 is 0. The first-order valence-electron chi connectivity index (χ1n) is 9.39. The first-order chi connectivity index (χ1) is 13.7. The molecule has 29 heavy (non-hydrogen) atoms. The van der Waals surface area contributed by atoms with Gasteiger partial charge in [-0.3, -0.25) is 4.79 Å². The maximum Gasteiger partial charge on any atom is 0.304 e. The average Bonchev–Trinajstić information content (AvgIpc) is 2.70. The van der Waals surface area contributed by atoms with Crippen LogP contribution in [0.5, 0.6) is 5.75 Å². The molecule has 0 aromatic heterocycles. The van der Waals surface area contributed by atoms with E-state index < -0.39 is 10.2 Å². The normalized spacial score (nSPS) is 12.5. The number of anilines is 1. The number of ether oxygens (including phenoxy) is 1. The van der Waals surface area contributed by atoms with Gasteiger partial charge < -0.3 is 10.1 Å². The number of amides is 1. The fraction of sp³-hybridized carbons (Fsp3) is 0.381. The lowest BCUT2D eigenvalue weighted by molar-refractivity contribution is -0.120. The van der Waals surface area contributed by atoms with Crippen LogP contribution in [0.4, 0.5) is 5.69 Å². The van der Waals surface area contributed by atoms with Gasteiger partial charge in [0.05, 0.1) is 18.8 Å². The van der Waals surface area contributed by atoms with E-state index >= 15 is 0 Å². The molecule has 8 heteroatoms. The second-order valence-corrected chi connectivity index (χ2v) is 8.96. The minimum absolute atomic E-state index is 0.230. The monoisotopic (exact) mass is 419 g/mol. The van der Waals surface area contributed by atoms with Crippen molar-refractivity contribution in [2.75, 3.05) is 32.1 Å². The maximum atomic E-state index is 12.8. The highest BCUT2D eigenvalue weighted by Gasteiger charge is 2.28. The van der Waals surface area contributed by atoms with E-state index in [9.17, 15) is 13.2 Å². The molecule has 0 saturated carbocycles. The Morgan fingerprint density at radius 1 is 1.14 bits per heavy atom. The number of aryl methyl sites for hydroxylation is 1. The predicted molar refractivity (Wildman–Crippen MR) is 115 cm³/mol. The molecule has 0 aliphatic rings. The van der Waals surface area contributed by atoms with Crippen LogP contribution in [0, 0.1) is 6.92 Å². The summed E-state index contributed by atoms with van der Waals surface area (Å²) in [6.45, 7) is 3.60. The molecule has 0 radical (unpaired) electrons. The van der Waals surface area contributed by atoms with E-state index in [1.54, 1.807) is 37.4 Å². The second-order valence-electron chi connectivity index (χ2n) is 6.89. The third kappa shape index (κ3) is 5.48. The Balaban J connectivity index is 2.23. The van der Waals surface area contributed by atoms with E-state index in [1.165, 1.54) is 14.1 Å². The van der Waals surface area contributed by atoms with Crippen molar-refractivity contribution in [3.05, 3.63) is 59.7 Å². The highest BCUT2D eigenvalue weighted by Crippen LogP contribution is 2.24. The van der Waals surface area contributed by atoms with Crippen LogP contribution in [-0.4, -0.2) is 46.4 Å². The zero-order valence-electron chi connectivity index (χ0n) is 17.5. The Kier molecular flexibility index (Phi) is 7.64. The van der Waals surface area contributed by atoms with Crippen LogP contribution in [0.1, 0.15) is 30.5 Å². The van der Waals surface area contributed by atoms with Gasteiger partial charge in [0.25, 0.3) is 0 Å². The Bertz CT molecular complexity index is 930. The smallest absolute Gasteiger partial charge is 0.304 e. The molecule has 0 heterocycles. The number of nitrogens with zero attached hydrogens (tertiary/aromatic N) is 2. The standard InChI is InChI=1S/C21H29N3O4S/c1-6-19(17-12-13-20(28-5)16(2)14-17)22-21(25)15-24(29(26,27)23(3)4)18-10-8-7-9-11-18/h7-14,19H,6,15H2,1-5H3,(H,22,25)/t19-/m0/s1. The van der Waals surface area contributed by atoms with Crippen LogP contribution in [0.25, 0.3) is 0 Å². The summed E-state index contributed by atoms with van der Waals surface area (Å²) in [4.78, 5) is 12.8. The fourth-order valence-electron chi connectivity index (χ4n) is 3.01. The fourth-order valence-corrected chi connectivity index (χ4v) is 4.07. The summed E-state index contributed by atoms with van der Waals surface area (Å²) in [6.07, 6.45) is 0.670. The first kappa shape index (κ1) is 22.7. The molecule has 0 bridgehead atoms. The van der Waals surface area contributed by atoms with Crippen molar-refractivity contribution in [3.8, 4) is 5.75 Å². The number of carbonyl (C=O) groups is 1. The van der Waals surface area contributed by atoms with Gasteiger partial charge in [-0.25, -0.2) is 4.31 Å². The first-order valence-corrected chi connectivity index (χ1v) is 10.8. The summed E-state index contributed by atoms with van der Waals surface area (Å²) in [5.41, 5.74) is 2.35. The molecule has 0 aliphatic heterocycles. The molecule has 1 N–H and O–H groups in total. The number of benzene rings is 2. The number of para-hydroxylation sites is 1. The minimum atomic E-state index is -3.82. The topological polar surface area (TPSA) is 79.0 Å². The molecule has 0 fully saturated rings. The largest absolute Gasteiger partial charge is 0.496 e. The van der Waals surface area contributed by atoms with Crippen LogP contribution >= 0.6 is 0 Å². The number of methoxy groups -OCH3 is 1. The van der Waals surface area contributed by atoms with Crippen molar-refractivity contribution >= 4 is 21.8 Å². The van der Waals surface area contributed by atoms with Gasteiger partial charge in [0.2, 0.25) is 5.91 Å². The molecule has 158 valence electrons. The summed E-state index contributed by atoms with van der Waals surface area (Å²) < 4.78 is 33.0. The van der Waals surface area contributed by atoms with Gasteiger partial charge in [-0.05, 0) is 42.7 Å². The second kappa shape index (κ2) is 9.76. The number of hydrogen-bond donors (Lipinski definition) is 1. The van der Waals surface area contributed by atoms with Crippen LogP contribution in [0.15, 0.2) is 48.5 Å². The quantitative estimate of drug-likeness (QED) is 0.678. The van der Waals surface area contributed by atoms with Gasteiger partial charge in [0.15, 0.2) is 0 Å². The highest BCUT2D eigenvalue weighted by atomic mass is 32.2. The van der Waals surface area contributed by atoms with Crippen LogP contribution in [0.2, 0.25) is 0 Å². The van der Waals surface area contributed by atoms with Crippen molar-refractivity contribution in [1.29, 1.82) is 0 Å². The number of carbonyl (C=O) groups excluding carboxylic acids is 1. The van der Waals surface area contributed by atoms with E-state index in [2.05, 4.69) is 5.32 Å². The SMILES string of the molecule is CC[C@H](NC(=O)CN(c1ccccc1)S(=O)(=O)N(C)C)c1ccc(OC)c(C)c1. The zero-order chi connectivity index (χ0) is 21.6. The summed E-state index contributed by atoms with van der Waals surface area (Å²) in [5, 5.41) is 2.95. The predicted octanol–water partition coefficient (Wildman–Crippen LogP) is 2.88. The average molecular weight is 420 g/mol. The van der Waals surface area contributed by atoms with Gasteiger partial charge in [-0.1, -0.05) is 37.3 Å². The van der Waals surface area contributed by atoms with E-state index in [-0.39, 0.29) is 18.5 Å². The van der Waals surface area contributed by atoms with Crippen LogP contribution < -0.4 is 14.4 Å². The Morgan fingerprint density at radius 3 is 2.31 bits per heavy atom. The highest BCUT2D eigenvalue weighted by molar-refractivity contribution is 7.90. The van der Waals surface area contributed by atoms with E-state index in [1.807, 2.05) is 32.0 Å². The zero-order valence-corrected chi connectivity index (χ0v) is 18.4. The molecule has 0 spiro atoms. The Morgan fingerprint density at radius 2 is 1.79 bits per heavy atom. The molecule has 2 aromatic rings. The van der Waals surface area contributed by atoms with E-state index in [4.69, 9.17) is 4.74 Å². The van der Waals surface area contributed by atoms with E-state index in [0.717, 1.165) is 25.5 Å². The van der Waals surface area contributed by atoms with Crippen molar-refractivity contribution < 1.29 is 17.9 Å². The maximum absolute atomic E-state index is 12.8. The van der Waals surface area contributed by atoms with Crippen molar-refractivity contribution in [3.63, 3.8) is 0 Å². The number of rotatable bonds is 9. The van der Waals surface area contributed by atoms with Crippen LogP contribution in [0.3, 0.4) is 0 Å². The molecule has 1 amide bonds. The summed E-state index contributed by atoms with van der Waals surface area (Å²) in [6, 6.07) is 14.1. The van der Waals surface area contributed by atoms with Gasteiger partial charge in [-0.2, -0.15) is 12.7 Å². The number of hydrogen-bond acceptors (Lipinski definition) is 4. The van der Waals surface area contributed by atoms with E-state index in [0.29, 0.717) is 12.1 Å². The molecular weight excluding hydrogens is 390 g/mol. The van der Waals surface area contributed by atoms with Gasteiger partial charge in [0, 0.05) is 14.1 Å². The number of nitrogens with one attached hydrogen (secondary N) is 1. The van der Waals surface area contributed by atoms with Crippen molar-refractivity contribution in [1.82, 2.24) is 9.62 Å². The molecule has 2 rings (SSSR count). The third-order valence-corrected chi connectivity index (χ3v) is 6.46. The molecular formula is C21H29N3O4S. The van der Waals surface area contributed by atoms with Gasteiger partial charge in [-0.15, -0.1) is 0 Å². The third-order valence-electron chi connectivity index (χ3n) is 4.64. The molecule has 2 aromatic carbocycles. The van der Waals surface area contributed by atoms with Gasteiger partial charge in [0.1, 0.15) is 12.3 Å². The van der Waals surface area contributed by atoms with Crippen molar-refractivity contribution in [2.45, 2.75) is 26.3 Å². The lowest BCUT2D eigenvalue weighted by Crippen LogP contribution is -2.46. The molecule has 0 saturated heterocycles. The summed E-state index contributed by atoms with van der Waals surface area (Å²) in [5.74, 6) is 0.404. The molecule has 0 unspecified atom stereocenters. The van der Waals surface area contributed by atoms with Crippen molar-refractivity contribution in [2.24, 2.45) is 0 Å². The minimum Gasteiger partial charge on any atom is -0.496 e. The molecule has 0 aliphatic carbocycles. The summed E-state index contributed by atoms with van der Waals surface area (Å²) in [7, 11) is 0.680. The Labute approximate surface area is 173 Å². The lowest BCUT2D eigenvalue weighted by Gasteiger charge is -2.28. The lowest BCUT2D eigenvalue weighted by atomic mass is 10.0.